The minimum atomic E-state index is -0.949. The van der Waals surface area contributed by atoms with E-state index in [4.69, 9.17) is 16.7 Å². The lowest BCUT2D eigenvalue weighted by Gasteiger charge is -2.06. The molecule has 0 heterocycles. The van der Waals surface area contributed by atoms with Gasteiger partial charge in [0.2, 0.25) is 0 Å². The molecule has 0 aliphatic heterocycles. The fourth-order valence-corrected chi connectivity index (χ4v) is 1.96. The van der Waals surface area contributed by atoms with Gasteiger partial charge in [-0.15, -0.1) is 0 Å². The number of aliphatic carboxylic acids is 1. The fraction of sp³-hybridized carbons (Fsp3) is 0.0714. The summed E-state index contributed by atoms with van der Waals surface area (Å²) >= 11 is 5.99. The molecule has 0 aliphatic carbocycles. The largest absolute Gasteiger partial charge is 0.481 e. The Balaban J connectivity index is 2.40. The molecule has 0 radical (unpaired) electrons. The molecule has 0 aromatic heterocycles. The van der Waals surface area contributed by atoms with Gasteiger partial charge in [-0.25, -0.2) is 4.39 Å². The van der Waals surface area contributed by atoms with E-state index in [1.807, 2.05) is 0 Å². The topological polar surface area (TPSA) is 37.3 Å². The van der Waals surface area contributed by atoms with Crippen molar-refractivity contribution in [1.29, 1.82) is 0 Å². The van der Waals surface area contributed by atoms with Crippen LogP contribution in [0.25, 0.3) is 11.1 Å². The van der Waals surface area contributed by atoms with Crippen LogP contribution in [0.1, 0.15) is 5.56 Å². The molecule has 0 amide bonds. The van der Waals surface area contributed by atoms with E-state index < -0.39 is 5.97 Å². The highest BCUT2D eigenvalue weighted by Crippen LogP contribution is 2.27. The van der Waals surface area contributed by atoms with E-state index in [1.165, 1.54) is 6.07 Å². The Kier molecular flexibility index (Phi) is 3.63. The van der Waals surface area contributed by atoms with E-state index in [0.717, 1.165) is 0 Å². The van der Waals surface area contributed by atoms with E-state index in [1.54, 1.807) is 36.4 Å². The second-order valence-corrected chi connectivity index (χ2v) is 4.26. The minimum Gasteiger partial charge on any atom is -0.481 e. The first-order chi connectivity index (χ1) is 8.58. The summed E-state index contributed by atoms with van der Waals surface area (Å²) in [5.41, 5.74) is 1.60. The number of rotatable bonds is 3. The summed E-state index contributed by atoms with van der Waals surface area (Å²) in [5, 5.41) is 9.03. The van der Waals surface area contributed by atoms with Crippen molar-refractivity contribution in [2.24, 2.45) is 0 Å². The number of hydrogen-bond acceptors (Lipinski definition) is 1. The van der Waals surface area contributed by atoms with Gasteiger partial charge in [-0.3, -0.25) is 4.79 Å². The van der Waals surface area contributed by atoms with Crippen molar-refractivity contribution in [3.8, 4) is 11.1 Å². The lowest BCUT2D eigenvalue weighted by atomic mass is 10.0. The van der Waals surface area contributed by atoms with Crippen LogP contribution in [0.2, 0.25) is 5.02 Å². The van der Waals surface area contributed by atoms with Crippen LogP contribution in [0.3, 0.4) is 0 Å². The van der Waals surface area contributed by atoms with Crippen molar-refractivity contribution in [2.45, 2.75) is 6.42 Å². The van der Waals surface area contributed by atoms with Gasteiger partial charge in [0.1, 0.15) is 5.82 Å². The fourth-order valence-electron chi connectivity index (χ4n) is 1.72. The minimum absolute atomic E-state index is 0.142. The Morgan fingerprint density at radius 3 is 2.56 bits per heavy atom. The third-order valence-electron chi connectivity index (χ3n) is 2.58. The SMILES string of the molecule is O=C(O)Cc1ccc(-c2ccccc2F)cc1Cl. The Hall–Kier alpha value is -1.87. The third-order valence-corrected chi connectivity index (χ3v) is 2.93. The summed E-state index contributed by atoms with van der Waals surface area (Å²) in [6, 6.07) is 11.2. The standard InChI is InChI=1S/C14H10ClFO2/c15-12-7-9(5-6-10(12)8-14(17)18)11-3-1-2-4-13(11)16/h1-7H,8H2,(H,17,18). The van der Waals surface area contributed by atoms with Gasteiger partial charge < -0.3 is 5.11 Å². The molecule has 0 atom stereocenters. The van der Waals surface area contributed by atoms with Crippen LogP contribution in [0.4, 0.5) is 4.39 Å². The van der Waals surface area contributed by atoms with Crippen molar-refractivity contribution in [1.82, 2.24) is 0 Å². The van der Waals surface area contributed by atoms with E-state index in [9.17, 15) is 9.18 Å². The molecule has 0 fully saturated rings. The van der Waals surface area contributed by atoms with E-state index in [-0.39, 0.29) is 12.2 Å². The Morgan fingerprint density at radius 2 is 1.94 bits per heavy atom. The van der Waals surface area contributed by atoms with E-state index in [0.29, 0.717) is 21.7 Å². The number of benzene rings is 2. The zero-order valence-corrected chi connectivity index (χ0v) is 10.1. The van der Waals surface area contributed by atoms with Gasteiger partial charge in [-0.1, -0.05) is 41.9 Å². The highest BCUT2D eigenvalue weighted by Gasteiger charge is 2.09. The van der Waals surface area contributed by atoms with Crippen molar-refractivity contribution in [3.63, 3.8) is 0 Å². The molecule has 2 aromatic carbocycles. The quantitative estimate of drug-likeness (QED) is 0.916. The summed E-state index contributed by atoms with van der Waals surface area (Å²) in [5.74, 6) is -1.28. The molecule has 0 aliphatic rings. The lowest BCUT2D eigenvalue weighted by molar-refractivity contribution is -0.136. The maximum absolute atomic E-state index is 13.6. The van der Waals surface area contributed by atoms with Gasteiger partial charge in [0.25, 0.3) is 0 Å². The van der Waals surface area contributed by atoms with E-state index >= 15 is 0 Å². The Bertz CT molecular complexity index is 596. The molecule has 2 nitrogen and oxygen atoms in total. The van der Waals surface area contributed by atoms with Crippen LogP contribution >= 0.6 is 11.6 Å². The molecule has 0 unspecified atom stereocenters. The molecule has 4 heteroatoms. The molecule has 18 heavy (non-hydrogen) atoms. The van der Waals surface area contributed by atoms with Crippen LogP contribution in [0.15, 0.2) is 42.5 Å². The van der Waals surface area contributed by atoms with Crippen molar-refractivity contribution in [3.05, 3.63) is 58.9 Å². The molecular formula is C14H10ClFO2. The number of carboxylic acid groups (broad SMARTS) is 1. The maximum atomic E-state index is 13.6. The first-order valence-corrected chi connectivity index (χ1v) is 5.71. The zero-order valence-electron chi connectivity index (χ0n) is 9.36. The first kappa shape index (κ1) is 12.6. The van der Waals surface area contributed by atoms with Gasteiger partial charge in [-0.05, 0) is 23.3 Å². The summed E-state index contributed by atoms with van der Waals surface area (Å²) in [4.78, 5) is 10.6. The highest BCUT2D eigenvalue weighted by atomic mass is 35.5. The monoisotopic (exact) mass is 264 g/mol. The number of halogens is 2. The number of carboxylic acids is 1. The lowest BCUT2D eigenvalue weighted by Crippen LogP contribution is -2.00. The molecule has 1 N–H and O–H groups in total. The number of carbonyl (C=O) groups is 1. The van der Waals surface area contributed by atoms with Gasteiger partial charge in [0.05, 0.1) is 6.42 Å². The normalized spacial score (nSPS) is 10.3. The van der Waals surface area contributed by atoms with Gasteiger partial charge in [0.15, 0.2) is 0 Å². The smallest absolute Gasteiger partial charge is 0.307 e. The van der Waals surface area contributed by atoms with Gasteiger partial charge in [-0.2, -0.15) is 0 Å². The highest BCUT2D eigenvalue weighted by molar-refractivity contribution is 6.31. The second kappa shape index (κ2) is 5.19. The predicted molar refractivity (Wildman–Crippen MR) is 68.2 cm³/mol. The molecule has 0 saturated carbocycles. The Morgan fingerprint density at radius 1 is 1.22 bits per heavy atom. The third kappa shape index (κ3) is 2.68. The average molecular weight is 265 g/mol. The Labute approximate surface area is 109 Å². The second-order valence-electron chi connectivity index (χ2n) is 3.86. The maximum Gasteiger partial charge on any atom is 0.307 e. The summed E-state index contributed by atoms with van der Waals surface area (Å²) in [7, 11) is 0. The predicted octanol–water partition coefficient (Wildman–Crippen LogP) is 3.77. The average Bonchev–Trinajstić information content (AvgIpc) is 2.32. The first-order valence-electron chi connectivity index (χ1n) is 5.33. The summed E-state index contributed by atoms with van der Waals surface area (Å²) < 4.78 is 13.6. The molecule has 0 saturated heterocycles. The van der Waals surface area contributed by atoms with E-state index in [2.05, 4.69) is 0 Å². The molecule has 0 bridgehead atoms. The summed E-state index contributed by atoms with van der Waals surface area (Å²) in [6.45, 7) is 0. The van der Waals surface area contributed by atoms with Crippen LogP contribution < -0.4 is 0 Å². The van der Waals surface area contributed by atoms with Crippen molar-refractivity contribution in [2.75, 3.05) is 0 Å². The van der Waals surface area contributed by atoms with Crippen LogP contribution in [-0.4, -0.2) is 11.1 Å². The van der Waals surface area contributed by atoms with Gasteiger partial charge >= 0.3 is 5.97 Å². The molecule has 0 spiro atoms. The number of hydrogen-bond donors (Lipinski definition) is 1. The van der Waals surface area contributed by atoms with Crippen LogP contribution in [-0.2, 0) is 11.2 Å². The van der Waals surface area contributed by atoms with Crippen LogP contribution in [0.5, 0.6) is 0 Å². The zero-order chi connectivity index (χ0) is 13.1. The molecule has 2 rings (SSSR count). The summed E-state index contributed by atoms with van der Waals surface area (Å²) in [6.07, 6.45) is -0.142. The molecule has 92 valence electrons. The van der Waals surface area contributed by atoms with Crippen molar-refractivity contribution >= 4 is 17.6 Å². The van der Waals surface area contributed by atoms with Crippen LogP contribution in [0, 0.1) is 5.82 Å². The van der Waals surface area contributed by atoms with Gasteiger partial charge in [0, 0.05) is 10.6 Å². The van der Waals surface area contributed by atoms with Crippen molar-refractivity contribution < 1.29 is 14.3 Å². The molecular weight excluding hydrogens is 255 g/mol. The molecule has 2 aromatic rings.